The Morgan fingerprint density at radius 3 is 2.78 bits per heavy atom. The molecule has 0 unspecified atom stereocenters. The molecule has 0 bridgehead atoms. The summed E-state index contributed by atoms with van der Waals surface area (Å²) in [6.07, 6.45) is 4.06. The van der Waals surface area contributed by atoms with E-state index in [1.807, 2.05) is 6.07 Å². The Bertz CT molecular complexity index is 945. The molecule has 4 rings (SSSR count). The molecule has 0 atom stereocenters. The molecule has 0 saturated carbocycles. The van der Waals surface area contributed by atoms with Crippen molar-refractivity contribution < 1.29 is 14.0 Å². The normalized spacial score (nSPS) is 17.5. The molecule has 0 aliphatic carbocycles. The fourth-order valence-electron chi connectivity index (χ4n) is 3.99. The van der Waals surface area contributed by atoms with Crippen LogP contribution in [-0.2, 0) is 0 Å². The topological polar surface area (TPSA) is 77.3 Å². The van der Waals surface area contributed by atoms with Gasteiger partial charge in [0, 0.05) is 31.4 Å². The SMILES string of the molecule is N#Cc1ccc(N2CCCC23CN(C(=O)c2cc(C=O)ccc2F)C3)nc1. The highest BCUT2D eigenvalue weighted by atomic mass is 19.1. The maximum atomic E-state index is 14.0. The highest BCUT2D eigenvalue weighted by molar-refractivity contribution is 5.97. The number of pyridine rings is 1. The second kappa shape index (κ2) is 6.47. The molecule has 6 nitrogen and oxygen atoms in total. The first kappa shape index (κ1) is 17.2. The molecule has 136 valence electrons. The standard InChI is InChI=1S/C20H17FN4O2/c21-17-4-2-14(11-26)8-16(17)19(27)24-12-20(13-24)6-1-7-25(20)18-5-3-15(9-22)10-23-18/h2-5,8,10-11H,1,6-7,12-13H2. The zero-order chi connectivity index (χ0) is 19.0. The third kappa shape index (κ3) is 2.83. The number of nitriles is 1. The van der Waals surface area contributed by atoms with Crippen LogP contribution in [0.4, 0.5) is 10.2 Å². The fourth-order valence-corrected chi connectivity index (χ4v) is 3.99. The summed E-state index contributed by atoms with van der Waals surface area (Å²) >= 11 is 0. The van der Waals surface area contributed by atoms with Crippen LogP contribution in [0.2, 0.25) is 0 Å². The van der Waals surface area contributed by atoms with Crippen LogP contribution in [-0.4, -0.2) is 47.3 Å². The summed E-state index contributed by atoms with van der Waals surface area (Å²) < 4.78 is 14.0. The van der Waals surface area contributed by atoms with Gasteiger partial charge in [-0.3, -0.25) is 9.59 Å². The van der Waals surface area contributed by atoms with Crippen molar-refractivity contribution in [3.63, 3.8) is 0 Å². The van der Waals surface area contributed by atoms with Gasteiger partial charge in [0.1, 0.15) is 24.0 Å². The number of hydrogen-bond acceptors (Lipinski definition) is 5. The lowest BCUT2D eigenvalue weighted by molar-refractivity contribution is 0.0415. The number of rotatable bonds is 3. The zero-order valence-electron chi connectivity index (χ0n) is 14.6. The zero-order valence-corrected chi connectivity index (χ0v) is 14.6. The first-order valence-corrected chi connectivity index (χ1v) is 8.74. The Morgan fingerprint density at radius 1 is 1.30 bits per heavy atom. The Balaban J connectivity index is 1.52. The van der Waals surface area contributed by atoms with Crippen molar-refractivity contribution >= 4 is 18.0 Å². The number of carbonyl (C=O) groups is 2. The van der Waals surface area contributed by atoms with E-state index in [1.165, 1.54) is 12.1 Å². The van der Waals surface area contributed by atoms with Gasteiger partial charge in [0.15, 0.2) is 0 Å². The number of amides is 1. The van der Waals surface area contributed by atoms with Gasteiger partial charge in [-0.05, 0) is 43.2 Å². The van der Waals surface area contributed by atoms with Crippen molar-refractivity contribution in [1.29, 1.82) is 5.26 Å². The quantitative estimate of drug-likeness (QED) is 0.782. The lowest BCUT2D eigenvalue weighted by atomic mass is 9.86. The molecular weight excluding hydrogens is 347 g/mol. The Labute approximate surface area is 155 Å². The number of aromatic nitrogens is 1. The van der Waals surface area contributed by atoms with E-state index in [1.54, 1.807) is 17.2 Å². The second-order valence-corrected chi connectivity index (χ2v) is 7.01. The van der Waals surface area contributed by atoms with Gasteiger partial charge in [0.2, 0.25) is 0 Å². The van der Waals surface area contributed by atoms with Crippen molar-refractivity contribution in [1.82, 2.24) is 9.88 Å². The van der Waals surface area contributed by atoms with Crippen LogP contribution in [0.25, 0.3) is 0 Å². The molecule has 2 fully saturated rings. The van der Waals surface area contributed by atoms with Crippen LogP contribution >= 0.6 is 0 Å². The van der Waals surface area contributed by atoms with Crippen LogP contribution in [0.3, 0.4) is 0 Å². The predicted octanol–water partition coefficient (Wildman–Crippen LogP) is 2.40. The average molecular weight is 364 g/mol. The van der Waals surface area contributed by atoms with Gasteiger partial charge in [-0.1, -0.05) is 0 Å². The third-order valence-electron chi connectivity index (χ3n) is 5.36. The van der Waals surface area contributed by atoms with E-state index in [4.69, 9.17) is 5.26 Å². The van der Waals surface area contributed by atoms with Crippen LogP contribution < -0.4 is 4.90 Å². The van der Waals surface area contributed by atoms with Gasteiger partial charge in [-0.25, -0.2) is 9.37 Å². The minimum absolute atomic E-state index is 0.0736. The van der Waals surface area contributed by atoms with Gasteiger partial charge in [-0.2, -0.15) is 5.26 Å². The van der Waals surface area contributed by atoms with Crippen molar-refractivity contribution in [2.75, 3.05) is 24.5 Å². The Hall–Kier alpha value is -3.27. The van der Waals surface area contributed by atoms with E-state index >= 15 is 0 Å². The fraction of sp³-hybridized carbons (Fsp3) is 0.300. The molecule has 0 N–H and O–H groups in total. The molecule has 2 aliphatic heterocycles. The molecule has 27 heavy (non-hydrogen) atoms. The number of benzene rings is 1. The lowest BCUT2D eigenvalue weighted by Crippen LogP contribution is -2.69. The maximum absolute atomic E-state index is 14.0. The summed E-state index contributed by atoms with van der Waals surface area (Å²) in [6, 6.07) is 9.41. The van der Waals surface area contributed by atoms with E-state index in [9.17, 15) is 14.0 Å². The van der Waals surface area contributed by atoms with E-state index in [-0.39, 0.29) is 16.7 Å². The van der Waals surface area contributed by atoms with Crippen molar-refractivity contribution in [2.45, 2.75) is 18.4 Å². The summed E-state index contributed by atoms with van der Waals surface area (Å²) in [6.45, 7) is 1.80. The summed E-state index contributed by atoms with van der Waals surface area (Å²) in [5.74, 6) is -0.238. The molecule has 0 radical (unpaired) electrons. The predicted molar refractivity (Wildman–Crippen MR) is 96.0 cm³/mol. The van der Waals surface area contributed by atoms with Crippen LogP contribution in [0.1, 0.15) is 39.1 Å². The molecule has 1 amide bonds. The summed E-state index contributed by atoms with van der Waals surface area (Å²) in [5, 5.41) is 8.92. The largest absolute Gasteiger partial charge is 0.347 e. The molecule has 3 heterocycles. The van der Waals surface area contributed by atoms with Crippen molar-refractivity contribution in [3.8, 4) is 6.07 Å². The van der Waals surface area contributed by atoms with Crippen molar-refractivity contribution in [3.05, 3.63) is 59.0 Å². The molecule has 1 aromatic heterocycles. The van der Waals surface area contributed by atoms with Gasteiger partial charge in [0.05, 0.1) is 16.7 Å². The van der Waals surface area contributed by atoms with Gasteiger partial charge in [0.25, 0.3) is 5.91 Å². The molecule has 7 heteroatoms. The summed E-state index contributed by atoms with van der Waals surface area (Å²) in [7, 11) is 0. The minimum atomic E-state index is -0.622. The van der Waals surface area contributed by atoms with E-state index in [0.717, 1.165) is 31.3 Å². The highest BCUT2D eigenvalue weighted by Crippen LogP contribution is 2.40. The van der Waals surface area contributed by atoms with Crippen LogP contribution in [0.15, 0.2) is 36.5 Å². The van der Waals surface area contributed by atoms with Gasteiger partial charge in [-0.15, -0.1) is 0 Å². The number of aldehydes is 1. The molecule has 1 aromatic carbocycles. The molecule has 1 spiro atoms. The monoisotopic (exact) mass is 364 g/mol. The number of anilines is 1. The van der Waals surface area contributed by atoms with Gasteiger partial charge < -0.3 is 9.80 Å². The Morgan fingerprint density at radius 2 is 2.11 bits per heavy atom. The summed E-state index contributed by atoms with van der Waals surface area (Å²) in [4.78, 5) is 31.8. The molecule has 2 aromatic rings. The first-order valence-electron chi connectivity index (χ1n) is 8.74. The van der Waals surface area contributed by atoms with E-state index < -0.39 is 11.7 Å². The van der Waals surface area contributed by atoms with Gasteiger partial charge >= 0.3 is 0 Å². The van der Waals surface area contributed by atoms with Crippen molar-refractivity contribution in [2.24, 2.45) is 0 Å². The third-order valence-corrected chi connectivity index (χ3v) is 5.36. The van der Waals surface area contributed by atoms with E-state index in [0.29, 0.717) is 24.9 Å². The number of nitrogens with zero attached hydrogens (tertiary/aromatic N) is 4. The number of halogens is 1. The van der Waals surface area contributed by atoms with Crippen LogP contribution in [0, 0.1) is 17.1 Å². The summed E-state index contributed by atoms with van der Waals surface area (Å²) in [5.41, 5.74) is 0.507. The second-order valence-electron chi connectivity index (χ2n) is 7.01. The highest BCUT2D eigenvalue weighted by Gasteiger charge is 2.52. The lowest BCUT2D eigenvalue weighted by Gasteiger charge is -2.53. The minimum Gasteiger partial charge on any atom is -0.347 e. The van der Waals surface area contributed by atoms with Crippen LogP contribution in [0.5, 0.6) is 0 Å². The number of carbonyl (C=O) groups excluding carboxylic acids is 2. The first-order chi connectivity index (χ1) is 13.1. The Kier molecular flexibility index (Phi) is 4.11. The average Bonchev–Trinajstić information content (AvgIpc) is 3.12. The van der Waals surface area contributed by atoms with E-state index in [2.05, 4.69) is 16.0 Å². The molecular formula is C20H17FN4O2. The number of likely N-dealkylation sites (tertiary alicyclic amines) is 1. The maximum Gasteiger partial charge on any atom is 0.257 e. The smallest absolute Gasteiger partial charge is 0.257 e. The number of hydrogen-bond donors (Lipinski definition) is 0. The molecule has 2 aliphatic rings. The molecule has 2 saturated heterocycles.